The van der Waals surface area contributed by atoms with Crippen LogP contribution < -0.4 is 20.1 Å². The Balaban J connectivity index is 1.79. The van der Waals surface area contributed by atoms with Gasteiger partial charge in [0.25, 0.3) is 0 Å². The zero-order chi connectivity index (χ0) is 21.4. The topological polar surface area (TPSA) is 68.8 Å². The van der Waals surface area contributed by atoms with Gasteiger partial charge in [0, 0.05) is 18.4 Å². The number of amides is 1. The molecule has 0 aliphatic carbocycles. The van der Waals surface area contributed by atoms with Crippen LogP contribution in [-0.4, -0.2) is 38.9 Å². The van der Waals surface area contributed by atoms with Gasteiger partial charge >= 0.3 is 0 Å². The van der Waals surface area contributed by atoms with Gasteiger partial charge in [-0.2, -0.15) is 0 Å². The number of rotatable bonds is 15. The van der Waals surface area contributed by atoms with E-state index in [4.69, 9.17) is 14.2 Å². The predicted molar refractivity (Wildman–Crippen MR) is 122 cm³/mol. The van der Waals surface area contributed by atoms with E-state index in [9.17, 15) is 4.79 Å². The summed E-state index contributed by atoms with van der Waals surface area (Å²) >= 11 is 0. The van der Waals surface area contributed by atoms with E-state index in [1.54, 1.807) is 0 Å². The monoisotopic (exact) mass is 414 g/mol. The molecule has 30 heavy (non-hydrogen) atoms. The van der Waals surface area contributed by atoms with Crippen molar-refractivity contribution in [3.05, 3.63) is 48.5 Å². The number of unbranched alkanes of at least 4 members (excludes halogenated alkanes) is 3. The van der Waals surface area contributed by atoms with E-state index < -0.39 is 0 Å². The van der Waals surface area contributed by atoms with Gasteiger partial charge in [-0.05, 0) is 37.6 Å². The van der Waals surface area contributed by atoms with Crippen molar-refractivity contribution in [3.63, 3.8) is 0 Å². The van der Waals surface area contributed by atoms with Crippen molar-refractivity contribution in [2.75, 3.05) is 43.6 Å². The lowest BCUT2D eigenvalue weighted by atomic mass is 10.2. The number of hydrogen-bond acceptors (Lipinski definition) is 5. The van der Waals surface area contributed by atoms with Gasteiger partial charge in [0.05, 0.1) is 25.4 Å². The second-order valence-corrected chi connectivity index (χ2v) is 6.88. The van der Waals surface area contributed by atoms with Crippen LogP contribution in [0.15, 0.2) is 48.5 Å². The molecule has 0 unspecified atom stereocenters. The van der Waals surface area contributed by atoms with Crippen LogP contribution in [0.25, 0.3) is 0 Å². The molecule has 0 aromatic heterocycles. The minimum Gasteiger partial charge on any atom is -0.494 e. The SMILES string of the molecule is CCCCCCOc1cccc(NC(=O)CNc2ccccc2OCCOCC)c1. The first-order chi connectivity index (χ1) is 14.7. The lowest BCUT2D eigenvalue weighted by Crippen LogP contribution is -2.22. The van der Waals surface area contributed by atoms with Crippen LogP contribution in [-0.2, 0) is 9.53 Å². The summed E-state index contributed by atoms with van der Waals surface area (Å²) in [6.45, 7) is 6.62. The number of ether oxygens (including phenoxy) is 3. The molecular weight excluding hydrogens is 380 g/mol. The molecule has 0 bridgehead atoms. The lowest BCUT2D eigenvalue weighted by molar-refractivity contribution is -0.114. The first-order valence-electron chi connectivity index (χ1n) is 10.8. The highest BCUT2D eigenvalue weighted by Gasteiger charge is 2.07. The number of benzene rings is 2. The fourth-order valence-electron chi connectivity index (χ4n) is 2.86. The van der Waals surface area contributed by atoms with E-state index in [2.05, 4.69) is 17.6 Å². The highest BCUT2D eigenvalue weighted by molar-refractivity contribution is 5.94. The maximum absolute atomic E-state index is 12.4. The molecule has 6 nitrogen and oxygen atoms in total. The summed E-state index contributed by atoms with van der Waals surface area (Å²) in [6, 6.07) is 15.0. The largest absolute Gasteiger partial charge is 0.494 e. The zero-order valence-electron chi connectivity index (χ0n) is 18.1. The van der Waals surface area contributed by atoms with Crippen molar-refractivity contribution in [3.8, 4) is 11.5 Å². The fourth-order valence-corrected chi connectivity index (χ4v) is 2.86. The number of para-hydroxylation sites is 2. The summed E-state index contributed by atoms with van der Waals surface area (Å²) in [5.41, 5.74) is 1.49. The molecule has 0 heterocycles. The summed E-state index contributed by atoms with van der Waals surface area (Å²) in [7, 11) is 0. The lowest BCUT2D eigenvalue weighted by Gasteiger charge is -2.13. The van der Waals surface area contributed by atoms with Gasteiger partial charge in [0.15, 0.2) is 0 Å². The van der Waals surface area contributed by atoms with Gasteiger partial charge in [-0.15, -0.1) is 0 Å². The highest BCUT2D eigenvalue weighted by atomic mass is 16.5. The maximum Gasteiger partial charge on any atom is 0.243 e. The van der Waals surface area contributed by atoms with Gasteiger partial charge in [-0.25, -0.2) is 0 Å². The molecule has 164 valence electrons. The molecule has 0 aliphatic heterocycles. The van der Waals surface area contributed by atoms with Crippen LogP contribution in [0.4, 0.5) is 11.4 Å². The molecule has 2 N–H and O–H groups in total. The van der Waals surface area contributed by atoms with E-state index >= 15 is 0 Å². The van der Waals surface area contributed by atoms with Gasteiger partial charge < -0.3 is 24.8 Å². The van der Waals surface area contributed by atoms with Crippen molar-refractivity contribution in [1.82, 2.24) is 0 Å². The standard InChI is InChI=1S/C24H34N2O4/c1-3-5-6-9-15-29-21-12-10-11-20(18-21)26-24(27)19-25-22-13-7-8-14-23(22)30-17-16-28-4-2/h7-8,10-14,18,25H,3-6,9,15-17,19H2,1-2H3,(H,26,27). The molecule has 0 radical (unpaired) electrons. The molecule has 0 atom stereocenters. The fraction of sp³-hybridized carbons (Fsp3) is 0.458. The first-order valence-corrected chi connectivity index (χ1v) is 10.8. The number of hydrogen-bond donors (Lipinski definition) is 2. The smallest absolute Gasteiger partial charge is 0.243 e. The first kappa shape index (κ1) is 23.5. The summed E-state index contributed by atoms with van der Waals surface area (Å²) in [6.07, 6.45) is 4.66. The number of anilines is 2. The normalized spacial score (nSPS) is 10.5. The van der Waals surface area contributed by atoms with Crippen LogP contribution in [0.5, 0.6) is 11.5 Å². The Bertz CT molecular complexity index is 751. The summed E-state index contributed by atoms with van der Waals surface area (Å²) in [5, 5.41) is 6.03. The zero-order valence-corrected chi connectivity index (χ0v) is 18.1. The molecule has 2 aromatic rings. The van der Waals surface area contributed by atoms with Crippen LogP contribution in [0.3, 0.4) is 0 Å². The van der Waals surface area contributed by atoms with Crippen molar-refractivity contribution < 1.29 is 19.0 Å². The third kappa shape index (κ3) is 9.18. The second kappa shape index (κ2) is 14.3. The minimum atomic E-state index is -0.140. The molecule has 0 saturated heterocycles. The van der Waals surface area contributed by atoms with Crippen LogP contribution in [0, 0.1) is 0 Å². The van der Waals surface area contributed by atoms with Crippen molar-refractivity contribution in [1.29, 1.82) is 0 Å². The minimum absolute atomic E-state index is 0.133. The second-order valence-electron chi connectivity index (χ2n) is 6.88. The van der Waals surface area contributed by atoms with Crippen molar-refractivity contribution >= 4 is 17.3 Å². The van der Waals surface area contributed by atoms with E-state index in [0.29, 0.717) is 37.9 Å². The van der Waals surface area contributed by atoms with Crippen molar-refractivity contribution in [2.45, 2.75) is 39.5 Å². The number of carbonyl (C=O) groups excluding carboxylic acids is 1. The maximum atomic E-state index is 12.4. The van der Waals surface area contributed by atoms with Crippen LogP contribution >= 0.6 is 0 Å². The third-order valence-corrected chi connectivity index (χ3v) is 4.40. The quantitative estimate of drug-likeness (QED) is 0.396. The number of carbonyl (C=O) groups is 1. The number of nitrogens with one attached hydrogen (secondary N) is 2. The van der Waals surface area contributed by atoms with E-state index in [0.717, 1.165) is 17.9 Å². The predicted octanol–water partition coefficient (Wildman–Crippen LogP) is 5.11. The Labute approximate surface area is 179 Å². The molecular formula is C24H34N2O4. The Hall–Kier alpha value is -2.73. The van der Waals surface area contributed by atoms with E-state index in [1.807, 2.05) is 55.5 Å². The molecule has 0 saturated carbocycles. The van der Waals surface area contributed by atoms with E-state index in [-0.39, 0.29) is 12.5 Å². The molecule has 2 aromatic carbocycles. The van der Waals surface area contributed by atoms with Gasteiger partial charge in [-0.3, -0.25) is 4.79 Å². The van der Waals surface area contributed by atoms with Crippen molar-refractivity contribution in [2.24, 2.45) is 0 Å². The molecule has 2 rings (SSSR count). The Morgan fingerprint density at radius 1 is 0.900 bits per heavy atom. The highest BCUT2D eigenvalue weighted by Crippen LogP contribution is 2.23. The van der Waals surface area contributed by atoms with Crippen LogP contribution in [0.2, 0.25) is 0 Å². The van der Waals surface area contributed by atoms with Gasteiger partial charge in [0.2, 0.25) is 5.91 Å². The van der Waals surface area contributed by atoms with E-state index in [1.165, 1.54) is 19.3 Å². The average Bonchev–Trinajstić information content (AvgIpc) is 2.76. The Kier molecular flexibility index (Phi) is 11.2. The Morgan fingerprint density at radius 3 is 2.60 bits per heavy atom. The summed E-state index contributed by atoms with van der Waals surface area (Å²) in [4.78, 5) is 12.4. The average molecular weight is 415 g/mol. The molecule has 0 spiro atoms. The molecule has 0 aliphatic rings. The summed E-state index contributed by atoms with van der Waals surface area (Å²) < 4.78 is 16.8. The molecule has 1 amide bonds. The van der Waals surface area contributed by atoms with Gasteiger partial charge in [-0.1, -0.05) is 44.4 Å². The molecule has 0 fully saturated rings. The van der Waals surface area contributed by atoms with Crippen LogP contribution in [0.1, 0.15) is 39.5 Å². The third-order valence-electron chi connectivity index (χ3n) is 4.40. The Morgan fingerprint density at radius 2 is 1.77 bits per heavy atom. The summed E-state index contributed by atoms with van der Waals surface area (Å²) in [5.74, 6) is 1.33. The molecule has 6 heteroatoms. The van der Waals surface area contributed by atoms with Gasteiger partial charge in [0.1, 0.15) is 18.1 Å².